The number of anilines is 1. The Hall–Kier alpha value is -1.58. The molecule has 114 valence electrons. The topological polar surface area (TPSA) is 45.2 Å². The lowest BCUT2D eigenvalue weighted by molar-refractivity contribution is 0.0755. The quantitative estimate of drug-likeness (QED) is 0.905. The van der Waals surface area contributed by atoms with Gasteiger partial charge in [0, 0.05) is 26.3 Å². The summed E-state index contributed by atoms with van der Waals surface area (Å²) in [5.74, 6) is 3.27. The molecule has 2 bridgehead atoms. The molecular weight excluding hydrogens is 262 g/mol. The molecule has 2 aliphatic rings. The lowest BCUT2D eigenvalue weighted by atomic mass is 9.88. The fourth-order valence-corrected chi connectivity index (χ4v) is 4.13. The highest BCUT2D eigenvalue weighted by Crippen LogP contribution is 2.48. The number of carbonyl (C=O) groups excluding carboxylic acids is 1. The molecule has 1 aromatic heterocycles. The van der Waals surface area contributed by atoms with E-state index in [0.717, 1.165) is 24.9 Å². The van der Waals surface area contributed by atoms with Gasteiger partial charge in [-0.15, -0.1) is 0 Å². The smallest absolute Gasteiger partial charge is 0.257 e. The number of rotatable bonds is 5. The second kappa shape index (κ2) is 6.04. The zero-order chi connectivity index (χ0) is 14.8. The summed E-state index contributed by atoms with van der Waals surface area (Å²) in [6.07, 6.45) is 7.21. The minimum Gasteiger partial charge on any atom is -0.370 e. The van der Waals surface area contributed by atoms with Gasteiger partial charge in [-0.2, -0.15) is 0 Å². The molecule has 0 aromatic carbocycles. The molecule has 0 aliphatic heterocycles. The fourth-order valence-electron chi connectivity index (χ4n) is 4.13. The first-order valence-corrected chi connectivity index (χ1v) is 8.13. The molecule has 2 fully saturated rings. The third-order valence-corrected chi connectivity index (χ3v) is 5.12. The van der Waals surface area contributed by atoms with Crippen molar-refractivity contribution in [2.75, 3.05) is 25.5 Å². The van der Waals surface area contributed by atoms with Crippen LogP contribution in [0.1, 0.15) is 43.0 Å². The Morgan fingerprint density at radius 1 is 1.43 bits per heavy atom. The summed E-state index contributed by atoms with van der Waals surface area (Å²) >= 11 is 0. The molecule has 3 atom stereocenters. The summed E-state index contributed by atoms with van der Waals surface area (Å²) in [6.45, 7) is 3.68. The Labute approximate surface area is 126 Å². The summed E-state index contributed by atoms with van der Waals surface area (Å²) in [7, 11) is 1.93. The van der Waals surface area contributed by atoms with Gasteiger partial charge in [-0.1, -0.05) is 6.42 Å². The first-order valence-electron chi connectivity index (χ1n) is 8.13. The van der Waals surface area contributed by atoms with Crippen molar-refractivity contribution >= 4 is 11.7 Å². The minimum absolute atomic E-state index is 0.0850. The Balaban J connectivity index is 1.67. The molecule has 0 saturated heterocycles. The maximum Gasteiger partial charge on any atom is 0.257 e. The Morgan fingerprint density at radius 2 is 2.29 bits per heavy atom. The van der Waals surface area contributed by atoms with Crippen molar-refractivity contribution in [3.63, 3.8) is 0 Å². The van der Waals surface area contributed by atoms with Crippen molar-refractivity contribution in [2.45, 2.75) is 32.6 Å². The van der Waals surface area contributed by atoms with E-state index in [1.807, 2.05) is 31.0 Å². The predicted molar refractivity (Wildman–Crippen MR) is 84.3 cm³/mol. The van der Waals surface area contributed by atoms with Gasteiger partial charge in [0.25, 0.3) is 5.91 Å². The molecule has 0 radical (unpaired) electrons. The molecule has 1 heterocycles. The number of nitrogens with one attached hydrogen (secondary N) is 1. The molecule has 21 heavy (non-hydrogen) atoms. The molecule has 2 aliphatic carbocycles. The van der Waals surface area contributed by atoms with Gasteiger partial charge in [0.05, 0.1) is 5.56 Å². The summed E-state index contributed by atoms with van der Waals surface area (Å²) in [5.41, 5.74) is 0.685. The van der Waals surface area contributed by atoms with Crippen molar-refractivity contribution < 1.29 is 4.79 Å². The Kier molecular flexibility index (Phi) is 4.13. The lowest BCUT2D eigenvalue weighted by Crippen LogP contribution is -2.34. The minimum atomic E-state index is 0.0850. The number of amides is 1. The van der Waals surface area contributed by atoms with E-state index in [1.54, 1.807) is 6.20 Å². The molecule has 2 saturated carbocycles. The molecular formula is C17H25N3O. The molecule has 4 heteroatoms. The molecule has 1 amide bonds. The number of pyridine rings is 1. The molecule has 4 nitrogen and oxygen atoms in total. The van der Waals surface area contributed by atoms with E-state index in [4.69, 9.17) is 0 Å². The maximum atomic E-state index is 12.7. The number of carbonyl (C=O) groups is 1. The van der Waals surface area contributed by atoms with Gasteiger partial charge in [-0.05, 0) is 56.1 Å². The van der Waals surface area contributed by atoms with Gasteiger partial charge in [0.15, 0.2) is 0 Å². The highest BCUT2D eigenvalue weighted by atomic mass is 16.2. The van der Waals surface area contributed by atoms with Crippen molar-refractivity contribution in [3.05, 3.63) is 23.9 Å². The highest BCUT2D eigenvalue weighted by molar-refractivity contribution is 5.98. The monoisotopic (exact) mass is 287 g/mol. The van der Waals surface area contributed by atoms with Gasteiger partial charge in [0.1, 0.15) is 5.82 Å². The van der Waals surface area contributed by atoms with E-state index in [-0.39, 0.29) is 5.91 Å². The molecule has 0 spiro atoms. The van der Waals surface area contributed by atoms with Crippen LogP contribution in [0.3, 0.4) is 0 Å². The fraction of sp³-hybridized carbons (Fsp3) is 0.647. The number of hydrogen-bond acceptors (Lipinski definition) is 3. The molecule has 3 unspecified atom stereocenters. The number of hydrogen-bond donors (Lipinski definition) is 1. The Morgan fingerprint density at radius 3 is 2.95 bits per heavy atom. The van der Waals surface area contributed by atoms with Gasteiger partial charge in [-0.25, -0.2) is 4.98 Å². The van der Waals surface area contributed by atoms with Crippen molar-refractivity contribution in [3.8, 4) is 0 Å². The Bertz CT molecular complexity index is 517. The predicted octanol–water partition coefficient (Wildman–Crippen LogP) is 3.02. The summed E-state index contributed by atoms with van der Waals surface area (Å²) in [6, 6.07) is 3.70. The van der Waals surface area contributed by atoms with Crippen LogP contribution in [0.2, 0.25) is 0 Å². The van der Waals surface area contributed by atoms with Gasteiger partial charge < -0.3 is 10.2 Å². The van der Waals surface area contributed by atoms with Crippen LogP contribution in [0, 0.1) is 17.8 Å². The van der Waals surface area contributed by atoms with E-state index in [1.165, 1.54) is 25.7 Å². The van der Waals surface area contributed by atoms with E-state index in [2.05, 4.69) is 10.3 Å². The first kappa shape index (κ1) is 14.4. The number of aromatic nitrogens is 1. The number of nitrogens with zero attached hydrogens (tertiary/aromatic N) is 2. The van der Waals surface area contributed by atoms with Gasteiger partial charge >= 0.3 is 0 Å². The van der Waals surface area contributed by atoms with Gasteiger partial charge in [0.2, 0.25) is 0 Å². The molecule has 1 N–H and O–H groups in total. The van der Waals surface area contributed by atoms with Crippen LogP contribution in [-0.4, -0.2) is 35.9 Å². The third-order valence-electron chi connectivity index (χ3n) is 5.12. The van der Waals surface area contributed by atoms with E-state index < -0.39 is 0 Å². The van der Waals surface area contributed by atoms with E-state index in [0.29, 0.717) is 17.3 Å². The van der Waals surface area contributed by atoms with Crippen LogP contribution in [0.5, 0.6) is 0 Å². The van der Waals surface area contributed by atoms with Crippen molar-refractivity contribution in [1.29, 1.82) is 0 Å². The van der Waals surface area contributed by atoms with E-state index in [9.17, 15) is 4.79 Å². The van der Waals surface area contributed by atoms with Crippen LogP contribution < -0.4 is 5.32 Å². The van der Waals surface area contributed by atoms with E-state index >= 15 is 0 Å². The van der Waals surface area contributed by atoms with Crippen molar-refractivity contribution in [1.82, 2.24) is 9.88 Å². The van der Waals surface area contributed by atoms with Crippen LogP contribution in [-0.2, 0) is 0 Å². The number of fused-ring (bicyclic) bond motifs is 2. The second-order valence-electron chi connectivity index (χ2n) is 6.55. The lowest BCUT2D eigenvalue weighted by Gasteiger charge is -2.27. The molecule has 3 rings (SSSR count). The summed E-state index contributed by atoms with van der Waals surface area (Å²) in [5, 5.41) is 3.17. The molecule has 1 aromatic rings. The van der Waals surface area contributed by atoms with Crippen molar-refractivity contribution in [2.24, 2.45) is 17.8 Å². The third kappa shape index (κ3) is 2.89. The summed E-state index contributed by atoms with van der Waals surface area (Å²) in [4.78, 5) is 18.9. The standard InChI is InChI=1S/C17H25N3O/c1-3-18-16-15(5-4-8-19-16)17(21)20(2)11-14-10-12-6-7-13(14)9-12/h4-5,8,12-14H,3,6-7,9-11H2,1-2H3,(H,18,19). The second-order valence-corrected chi connectivity index (χ2v) is 6.55. The highest BCUT2D eigenvalue weighted by Gasteiger charge is 2.40. The SMILES string of the molecule is CCNc1ncccc1C(=O)N(C)CC1CC2CCC1C2. The van der Waals surface area contributed by atoms with Crippen LogP contribution >= 0.6 is 0 Å². The zero-order valence-corrected chi connectivity index (χ0v) is 13.0. The summed E-state index contributed by atoms with van der Waals surface area (Å²) < 4.78 is 0. The maximum absolute atomic E-state index is 12.7. The van der Waals surface area contributed by atoms with Crippen LogP contribution in [0.4, 0.5) is 5.82 Å². The first-order chi connectivity index (χ1) is 10.2. The largest absolute Gasteiger partial charge is 0.370 e. The van der Waals surface area contributed by atoms with Gasteiger partial charge in [-0.3, -0.25) is 4.79 Å². The normalized spacial score (nSPS) is 26.9. The van der Waals surface area contributed by atoms with Crippen LogP contribution in [0.15, 0.2) is 18.3 Å². The zero-order valence-electron chi connectivity index (χ0n) is 13.0. The van der Waals surface area contributed by atoms with Crippen LogP contribution in [0.25, 0.3) is 0 Å². The average molecular weight is 287 g/mol. The average Bonchev–Trinajstić information content (AvgIpc) is 3.10.